The van der Waals surface area contributed by atoms with E-state index in [1.807, 2.05) is 0 Å². The standard InChI is InChI=1S/C17H18F4N4/c1-10-12(18)7-4-8-13(10)23-15-9-14(17(19,20)21)24-16(25-15)22-11-5-2-3-6-11/h4,7-9,11H,2-3,5-6H2,1H3,(H2,22,23,24,25). The average molecular weight is 354 g/mol. The Bertz CT molecular complexity index is 755. The summed E-state index contributed by atoms with van der Waals surface area (Å²) in [5.41, 5.74) is -0.377. The zero-order valence-electron chi connectivity index (χ0n) is 13.6. The first kappa shape index (κ1) is 17.4. The molecule has 1 aromatic carbocycles. The van der Waals surface area contributed by atoms with Crippen LogP contribution in [0, 0.1) is 12.7 Å². The van der Waals surface area contributed by atoms with Crippen molar-refractivity contribution in [1.82, 2.24) is 9.97 Å². The van der Waals surface area contributed by atoms with Gasteiger partial charge in [0.1, 0.15) is 11.6 Å². The lowest BCUT2D eigenvalue weighted by atomic mass is 10.2. The van der Waals surface area contributed by atoms with Crippen molar-refractivity contribution in [2.45, 2.75) is 44.8 Å². The first-order valence-corrected chi connectivity index (χ1v) is 8.08. The summed E-state index contributed by atoms with van der Waals surface area (Å²) in [6.07, 6.45) is -0.770. The van der Waals surface area contributed by atoms with E-state index >= 15 is 0 Å². The number of alkyl halides is 3. The number of hydrogen-bond acceptors (Lipinski definition) is 4. The molecule has 1 aliphatic carbocycles. The van der Waals surface area contributed by atoms with Crippen LogP contribution < -0.4 is 10.6 Å². The Balaban J connectivity index is 1.92. The summed E-state index contributed by atoms with van der Waals surface area (Å²) in [5.74, 6) is -0.547. The molecule has 2 N–H and O–H groups in total. The fourth-order valence-electron chi connectivity index (χ4n) is 2.85. The summed E-state index contributed by atoms with van der Waals surface area (Å²) in [7, 11) is 0. The fourth-order valence-corrected chi connectivity index (χ4v) is 2.85. The molecule has 8 heteroatoms. The van der Waals surface area contributed by atoms with E-state index in [0.29, 0.717) is 11.3 Å². The molecule has 1 saturated carbocycles. The summed E-state index contributed by atoms with van der Waals surface area (Å²) in [5, 5.41) is 5.73. The fraction of sp³-hybridized carbons (Fsp3) is 0.412. The average Bonchev–Trinajstić information content (AvgIpc) is 3.04. The van der Waals surface area contributed by atoms with Crippen LogP contribution in [0.1, 0.15) is 36.9 Å². The van der Waals surface area contributed by atoms with Gasteiger partial charge in [-0.3, -0.25) is 0 Å². The molecule has 0 amide bonds. The topological polar surface area (TPSA) is 49.8 Å². The zero-order valence-corrected chi connectivity index (χ0v) is 13.6. The van der Waals surface area contributed by atoms with E-state index < -0.39 is 17.7 Å². The first-order chi connectivity index (χ1) is 11.8. The number of halogens is 4. The number of nitrogens with one attached hydrogen (secondary N) is 2. The summed E-state index contributed by atoms with van der Waals surface area (Å²) in [6.45, 7) is 1.54. The van der Waals surface area contributed by atoms with Gasteiger partial charge in [0, 0.05) is 23.4 Å². The molecule has 0 atom stereocenters. The summed E-state index contributed by atoms with van der Waals surface area (Å²) >= 11 is 0. The number of aromatic nitrogens is 2. The quantitative estimate of drug-likeness (QED) is 0.755. The number of nitrogens with zero attached hydrogens (tertiary/aromatic N) is 2. The van der Waals surface area contributed by atoms with Crippen molar-refractivity contribution in [3.05, 3.63) is 41.3 Å². The van der Waals surface area contributed by atoms with Crippen LogP contribution in [0.3, 0.4) is 0 Å². The minimum atomic E-state index is -4.59. The monoisotopic (exact) mass is 354 g/mol. The second-order valence-electron chi connectivity index (χ2n) is 6.12. The highest BCUT2D eigenvalue weighted by atomic mass is 19.4. The lowest BCUT2D eigenvalue weighted by Gasteiger charge is -2.16. The molecule has 1 heterocycles. The minimum absolute atomic E-state index is 0.0310. The van der Waals surface area contributed by atoms with Crippen molar-refractivity contribution in [1.29, 1.82) is 0 Å². The molecule has 0 radical (unpaired) electrons. The van der Waals surface area contributed by atoms with Crippen molar-refractivity contribution >= 4 is 17.5 Å². The van der Waals surface area contributed by atoms with Gasteiger partial charge in [-0.15, -0.1) is 0 Å². The Morgan fingerprint density at radius 3 is 2.52 bits per heavy atom. The smallest absolute Gasteiger partial charge is 0.351 e. The van der Waals surface area contributed by atoms with Gasteiger partial charge in [-0.2, -0.15) is 18.2 Å². The highest BCUT2D eigenvalue weighted by molar-refractivity contribution is 5.61. The van der Waals surface area contributed by atoms with E-state index in [1.165, 1.54) is 12.1 Å². The Hall–Kier alpha value is -2.38. The van der Waals surface area contributed by atoms with Crippen molar-refractivity contribution in [3.63, 3.8) is 0 Å². The largest absolute Gasteiger partial charge is 0.433 e. The molecular formula is C17H18F4N4. The van der Waals surface area contributed by atoms with Crippen LogP contribution in [0.25, 0.3) is 0 Å². The third kappa shape index (κ3) is 4.18. The van der Waals surface area contributed by atoms with Crippen LogP contribution in [-0.4, -0.2) is 16.0 Å². The maximum atomic E-state index is 13.6. The molecule has 134 valence electrons. The van der Waals surface area contributed by atoms with Crippen LogP contribution in [0.4, 0.5) is 35.0 Å². The van der Waals surface area contributed by atoms with E-state index in [9.17, 15) is 17.6 Å². The summed E-state index contributed by atoms with van der Waals surface area (Å²) in [4.78, 5) is 7.71. The number of rotatable bonds is 4. The van der Waals surface area contributed by atoms with Crippen molar-refractivity contribution in [2.75, 3.05) is 10.6 Å². The molecule has 0 saturated heterocycles. The van der Waals surface area contributed by atoms with Crippen molar-refractivity contribution < 1.29 is 17.6 Å². The molecule has 1 aromatic heterocycles. The Kier molecular flexibility index (Phi) is 4.78. The molecule has 2 aromatic rings. The van der Waals surface area contributed by atoms with Gasteiger partial charge in [0.15, 0.2) is 5.69 Å². The van der Waals surface area contributed by atoms with Crippen LogP contribution in [0.2, 0.25) is 0 Å². The zero-order chi connectivity index (χ0) is 18.0. The SMILES string of the molecule is Cc1c(F)cccc1Nc1cc(C(F)(F)F)nc(NC2CCCC2)n1. The van der Waals surface area contributed by atoms with Gasteiger partial charge in [-0.1, -0.05) is 18.9 Å². The number of hydrogen-bond donors (Lipinski definition) is 2. The molecule has 0 aliphatic heterocycles. The van der Waals surface area contributed by atoms with E-state index in [4.69, 9.17) is 0 Å². The second-order valence-corrected chi connectivity index (χ2v) is 6.12. The third-order valence-corrected chi connectivity index (χ3v) is 4.24. The maximum Gasteiger partial charge on any atom is 0.433 e. The second kappa shape index (κ2) is 6.85. The minimum Gasteiger partial charge on any atom is -0.351 e. The highest BCUT2D eigenvalue weighted by Gasteiger charge is 2.34. The summed E-state index contributed by atoms with van der Waals surface area (Å²) in [6, 6.07) is 5.25. The lowest BCUT2D eigenvalue weighted by Crippen LogP contribution is -2.19. The summed E-state index contributed by atoms with van der Waals surface area (Å²) < 4.78 is 53.0. The number of benzene rings is 1. The predicted molar refractivity (Wildman–Crippen MR) is 87.3 cm³/mol. The van der Waals surface area contributed by atoms with Gasteiger partial charge in [-0.25, -0.2) is 9.37 Å². The van der Waals surface area contributed by atoms with Crippen LogP contribution in [-0.2, 0) is 6.18 Å². The van der Waals surface area contributed by atoms with Crippen LogP contribution in [0.15, 0.2) is 24.3 Å². The van der Waals surface area contributed by atoms with E-state index in [2.05, 4.69) is 20.6 Å². The van der Waals surface area contributed by atoms with Gasteiger partial charge < -0.3 is 10.6 Å². The molecule has 0 unspecified atom stereocenters. The molecule has 0 bridgehead atoms. The molecule has 1 fully saturated rings. The maximum absolute atomic E-state index is 13.6. The van der Waals surface area contributed by atoms with Crippen molar-refractivity contribution in [2.24, 2.45) is 0 Å². The molecule has 3 rings (SSSR count). The lowest BCUT2D eigenvalue weighted by molar-refractivity contribution is -0.141. The van der Waals surface area contributed by atoms with Gasteiger partial charge in [-0.05, 0) is 31.9 Å². The van der Waals surface area contributed by atoms with Gasteiger partial charge in [0.25, 0.3) is 0 Å². The molecule has 1 aliphatic rings. The first-order valence-electron chi connectivity index (χ1n) is 8.08. The van der Waals surface area contributed by atoms with Gasteiger partial charge in [0.05, 0.1) is 0 Å². The Morgan fingerprint density at radius 2 is 1.84 bits per heavy atom. The molecule has 0 spiro atoms. The molecular weight excluding hydrogens is 336 g/mol. The van der Waals surface area contributed by atoms with Gasteiger partial charge in [0.2, 0.25) is 5.95 Å². The Morgan fingerprint density at radius 1 is 1.12 bits per heavy atom. The highest BCUT2D eigenvalue weighted by Crippen LogP contribution is 2.31. The van der Waals surface area contributed by atoms with Crippen molar-refractivity contribution in [3.8, 4) is 0 Å². The van der Waals surface area contributed by atoms with Crippen LogP contribution in [0.5, 0.6) is 0 Å². The number of anilines is 3. The predicted octanol–water partition coefficient (Wildman–Crippen LogP) is 5.04. The molecule has 4 nitrogen and oxygen atoms in total. The van der Waals surface area contributed by atoms with E-state index in [-0.39, 0.29) is 17.8 Å². The van der Waals surface area contributed by atoms with Gasteiger partial charge >= 0.3 is 6.18 Å². The van der Waals surface area contributed by atoms with E-state index in [1.54, 1.807) is 13.0 Å². The normalized spacial score (nSPS) is 15.4. The third-order valence-electron chi connectivity index (χ3n) is 4.24. The Labute approximate surface area is 142 Å². The molecule has 25 heavy (non-hydrogen) atoms. The van der Waals surface area contributed by atoms with Crippen LogP contribution >= 0.6 is 0 Å². The van der Waals surface area contributed by atoms with E-state index in [0.717, 1.165) is 31.7 Å².